The normalized spacial score (nSPS) is 10.5. The third kappa shape index (κ3) is 4.34. The van der Waals surface area contributed by atoms with E-state index in [-0.39, 0.29) is 30.4 Å². The van der Waals surface area contributed by atoms with E-state index >= 15 is 0 Å². The third-order valence-corrected chi connectivity index (χ3v) is 3.13. The number of hydrogen-bond donors (Lipinski definition) is 1. The second-order valence-electron chi connectivity index (χ2n) is 4.93. The van der Waals surface area contributed by atoms with Crippen LogP contribution in [0.3, 0.4) is 0 Å². The largest absolute Gasteiger partial charge is 0.482 e. The number of carbonyl (C=O) groups is 1. The van der Waals surface area contributed by atoms with E-state index in [2.05, 4.69) is 20.4 Å². The zero-order valence-electron chi connectivity index (χ0n) is 12.8. The van der Waals surface area contributed by atoms with Crippen LogP contribution >= 0.6 is 0 Å². The summed E-state index contributed by atoms with van der Waals surface area (Å²) in [6, 6.07) is 5.99. The van der Waals surface area contributed by atoms with Gasteiger partial charge < -0.3 is 14.6 Å². The van der Waals surface area contributed by atoms with Crippen molar-refractivity contribution < 1.29 is 22.8 Å². The van der Waals surface area contributed by atoms with E-state index < -0.39 is 17.5 Å². The van der Waals surface area contributed by atoms with Crippen LogP contribution < -0.4 is 10.1 Å². The van der Waals surface area contributed by atoms with Gasteiger partial charge in [0.05, 0.1) is 12.2 Å². The van der Waals surface area contributed by atoms with Gasteiger partial charge in [0.25, 0.3) is 5.91 Å². The van der Waals surface area contributed by atoms with Crippen LogP contribution in [0.2, 0.25) is 0 Å². The summed E-state index contributed by atoms with van der Waals surface area (Å²) in [4.78, 5) is 19.7. The third-order valence-electron chi connectivity index (χ3n) is 3.13. The van der Waals surface area contributed by atoms with Crippen LogP contribution in [0.1, 0.15) is 21.9 Å². The number of rotatable bonds is 6. The molecule has 3 rings (SSSR count). The van der Waals surface area contributed by atoms with Gasteiger partial charge in [-0.1, -0.05) is 5.16 Å². The Morgan fingerprint density at radius 1 is 1.24 bits per heavy atom. The minimum Gasteiger partial charge on any atom is -0.482 e. The molecule has 1 amide bonds. The molecule has 0 aliphatic heterocycles. The van der Waals surface area contributed by atoms with Gasteiger partial charge in [-0.25, -0.2) is 18.7 Å². The highest BCUT2D eigenvalue weighted by Gasteiger charge is 2.14. The van der Waals surface area contributed by atoms with Crippen molar-refractivity contribution in [2.24, 2.45) is 0 Å². The van der Waals surface area contributed by atoms with Gasteiger partial charge in [-0.2, -0.15) is 0 Å². The molecule has 0 fully saturated rings. The standard InChI is InChI=1S/C16H12F2N4O3/c17-10-1-2-15(13(18)5-10)24-8-12-6-14(22-25-12)16(23)20-7-11-3-4-19-9-21-11/h1-6,9H,7-8H2,(H,20,23). The van der Waals surface area contributed by atoms with Crippen molar-refractivity contribution in [1.82, 2.24) is 20.4 Å². The van der Waals surface area contributed by atoms with Gasteiger partial charge in [-0.15, -0.1) is 0 Å². The number of nitrogens with zero attached hydrogens (tertiary/aromatic N) is 3. The van der Waals surface area contributed by atoms with E-state index in [4.69, 9.17) is 9.26 Å². The molecular formula is C16H12F2N4O3. The predicted molar refractivity (Wildman–Crippen MR) is 80.4 cm³/mol. The van der Waals surface area contributed by atoms with Crippen LogP contribution in [0.25, 0.3) is 0 Å². The van der Waals surface area contributed by atoms with E-state index in [0.717, 1.165) is 12.1 Å². The molecule has 0 saturated carbocycles. The number of amides is 1. The molecule has 3 aromatic rings. The van der Waals surface area contributed by atoms with Gasteiger partial charge in [0.15, 0.2) is 23.0 Å². The number of ether oxygens (including phenoxy) is 1. The molecule has 0 aliphatic rings. The summed E-state index contributed by atoms with van der Waals surface area (Å²) in [5.74, 6) is -1.90. The number of aromatic nitrogens is 3. The van der Waals surface area contributed by atoms with Gasteiger partial charge in [0.2, 0.25) is 0 Å². The Morgan fingerprint density at radius 3 is 2.88 bits per heavy atom. The first-order valence-corrected chi connectivity index (χ1v) is 7.18. The zero-order chi connectivity index (χ0) is 17.6. The zero-order valence-corrected chi connectivity index (χ0v) is 12.8. The maximum absolute atomic E-state index is 13.5. The molecule has 128 valence electrons. The molecule has 25 heavy (non-hydrogen) atoms. The van der Waals surface area contributed by atoms with Crippen LogP contribution in [-0.4, -0.2) is 21.0 Å². The Hall–Kier alpha value is -3.36. The molecule has 1 aromatic carbocycles. The fourth-order valence-electron chi connectivity index (χ4n) is 1.91. The highest BCUT2D eigenvalue weighted by molar-refractivity contribution is 5.92. The van der Waals surface area contributed by atoms with Crippen molar-refractivity contribution in [3.8, 4) is 5.75 Å². The lowest BCUT2D eigenvalue weighted by Crippen LogP contribution is -2.23. The average Bonchev–Trinajstić information content (AvgIpc) is 3.09. The Morgan fingerprint density at radius 2 is 2.12 bits per heavy atom. The molecule has 0 saturated heterocycles. The number of carbonyl (C=O) groups excluding carboxylic acids is 1. The highest BCUT2D eigenvalue weighted by atomic mass is 19.1. The van der Waals surface area contributed by atoms with Gasteiger partial charge in [0.1, 0.15) is 18.8 Å². The first-order valence-electron chi connectivity index (χ1n) is 7.18. The average molecular weight is 346 g/mol. The van der Waals surface area contributed by atoms with E-state index in [9.17, 15) is 13.6 Å². The number of halogens is 2. The molecule has 0 radical (unpaired) electrons. The number of benzene rings is 1. The molecule has 1 N–H and O–H groups in total. The highest BCUT2D eigenvalue weighted by Crippen LogP contribution is 2.19. The van der Waals surface area contributed by atoms with E-state index in [0.29, 0.717) is 11.8 Å². The number of hydrogen-bond acceptors (Lipinski definition) is 6. The van der Waals surface area contributed by atoms with Crippen molar-refractivity contribution in [2.45, 2.75) is 13.2 Å². The molecule has 0 aliphatic carbocycles. The maximum Gasteiger partial charge on any atom is 0.273 e. The molecule has 2 heterocycles. The van der Waals surface area contributed by atoms with Crippen LogP contribution in [0.5, 0.6) is 5.75 Å². The van der Waals surface area contributed by atoms with E-state index in [1.54, 1.807) is 12.3 Å². The molecule has 0 bridgehead atoms. The fourth-order valence-corrected chi connectivity index (χ4v) is 1.91. The first kappa shape index (κ1) is 16.5. The maximum atomic E-state index is 13.5. The SMILES string of the molecule is O=C(NCc1ccncn1)c1cc(COc2ccc(F)cc2F)on1. The van der Waals surface area contributed by atoms with Crippen LogP contribution in [0.4, 0.5) is 8.78 Å². The van der Waals surface area contributed by atoms with Crippen molar-refractivity contribution in [3.63, 3.8) is 0 Å². The lowest BCUT2D eigenvalue weighted by atomic mass is 10.3. The van der Waals surface area contributed by atoms with Gasteiger partial charge in [-0.3, -0.25) is 4.79 Å². The summed E-state index contributed by atoms with van der Waals surface area (Å²) in [6.45, 7) is 0.0512. The molecule has 9 heteroatoms. The monoisotopic (exact) mass is 346 g/mol. The van der Waals surface area contributed by atoms with Gasteiger partial charge in [0, 0.05) is 18.3 Å². The summed E-state index contributed by atoms with van der Waals surface area (Å²) in [7, 11) is 0. The Labute approximate surface area is 140 Å². The summed E-state index contributed by atoms with van der Waals surface area (Å²) in [6.07, 6.45) is 2.94. The van der Waals surface area contributed by atoms with Crippen molar-refractivity contribution in [2.75, 3.05) is 0 Å². The molecule has 0 atom stereocenters. The summed E-state index contributed by atoms with van der Waals surface area (Å²) in [5.41, 5.74) is 0.689. The van der Waals surface area contributed by atoms with Gasteiger partial charge >= 0.3 is 0 Å². The fraction of sp³-hybridized carbons (Fsp3) is 0.125. The summed E-state index contributed by atoms with van der Waals surface area (Å²) < 4.78 is 36.4. The molecule has 2 aromatic heterocycles. The molecular weight excluding hydrogens is 334 g/mol. The predicted octanol–water partition coefficient (Wildman–Crippen LogP) is 2.25. The minimum absolute atomic E-state index is 0.0484. The number of nitrogens with one attached hydrogen (secondary N) is 1. The molecule has 0 spiro atoms. The Balaban J connectivity index is 1.55. The quantitative estimate of drug-likeness (QED) is 0.736. The smallest absolute Gasteiger partial charge is 0.273 e. The van der Waals surface area contributed by atoms with Crippen LogP contribution in [0.15, 0.2) is 47.4 Å². The molecule has 0 unspecified atom stereocenters. The topological polar surface area (TPSA) is 90.1 Å². The van der Waals surface area contributed by atoms with E-state index in [1.165, 1.54) is 12.4 Å². The lowest BCUT2D eigenvalue weighted by Gasteiger charge is -2.04. The van der Waals surface area contributed by atoms with Crippen molar-refractivity contribution in [1.29, 1.82) is 0 Å². The lowest BCUT2D eigenvalue weighted by molar-refractivity contribution is 0.0941. The van der Waals surface area contributed by atoms with Gasteiger partial charge in [-0.05, 0) is 18.2 Å². The second kappa shape index (κ2) is 7.47. The van der Waals surface area contributed by atoms with Crippen molar-refractivity contribution >= 4 is 5.91 Å². The first-order chi connectivity index (χ1) is 12.1. The Bertz CT molecular complexity index is 871. The molecule has 7 nitrogen and oxygen atoms in total. The Kier molecular flexibility index (Phi) is 4.93. The second-order valence-corrected chi connectivity index (χ2v) is 4.93. The van der Waals surface area contributed by atoms with E-state index in [1.807, 2.05) is 0 Å². The van der Waals surface area contributed by atoms with Crippen LogP contribution in [-0.2, 0) is 13.2 Å². The summed E-state index contributed by atoms with van der Waals surface area (Å²) >= 11 is 0. The summed E-state index contributed by atoms with van der Waals surface area (Å²) in [5, 5.41) is 6.25. The van der Waals surface area contributed by atoms with Crippen LogP contribution in [0, 0.1) is 11.6 Å². The minimum atomic E-state index is -0.831. The van der Waals surface area contributed by atoms with Crippen molar-refractivity contribution in [3.05, 3.63) is 71.6 Å².